The van der Waals surface area contributed by atoms with E-state index in [2.05, 4.69) is 33.9 Å². The molecule has 0 saturated heterocycles. The van der Waals surface area contributed by atoms with E-state index >= 15 is 0 Å². The average Bonchev–Trinajstić information content (AvgIpc) is 2.97. The lowest BCUT2D eigenvalue weighted by atomic mass is 9.90. The van der Waals surface area contributed by atoms with E-state index < -0.39 is 29.6 Å². The van der Waals surface area contributed by atoms with Crippen LogP contribution in [0, 0.1) is 5.82 Å². The fraction of sp³-hybridized carbons (Fsp3) is 0.273. The Morgan fingerprint density at radius 1 is 0.884 bits per heavy atom. The van der Waals surface area contributed by atoms with Crippen LogP contribution in [-0.4, -0.2) is 46.5 Å². The summed E-state index contributed by atoms with van der Waals surface area (Å²) in [4.78, 5) is 2.32. The Hall–Kier alpha value is -3.73. The maximum Gasteiger partial charge on any atom is 0.573 e. The van der Waals surface area contributed by atoms with Crippen molar-refractivity contribution in [2.45, 2.75) is 36.7 Å². The molecule has 4 aromatic carbocycles. The highest BCUT2D eigenvalue weighted by molar-refractivity contribution is 7.84. The molecule has 43 heavy (non-hydrogen) atoms. The highest BCUT2D eigenvalue weighted by Gasteiger charge is 2.31. The molecule has 1 unspecified atom stereocenters. The van der Waals surface area contributed by atoms with Gasteiger partial charge in [0, 0.05) is 43.4 Å². The number of halogens is 4. The summed E-state index contributed by atoms with van der Waals surface area (Å²) in [5, 5.41) is 9.46. The predicted molar refractivity (Wildman–Crippen MR) is 158 cm³/mol. The molecule has 5 nitrogen and oxygen atoms in total. The molecule has 0 fully saturated rings. The van der Waals surface area contributed by atoms with Crippen LogP contribution in [0.1, 0.15) is 34.6 Å². The van der Waals surface area contributed by atoms with Gasteiger partial charge in [-0.25, -0.2) is 4.39 Å². The van der Waals surface area contributed by atoms with Crippen LogP contribution >= 0.6 is 0 Å². The minimum atomic E-state index is -4.79. The molecule has 4 rings (SSSR count). The second kappa shape index (κ2) is 15.1. The first kappa shape index (κ1) is 32.2. The maximum absolute atomic E-state index is 14.5. The smallest absolute Gasteiger partial charge is 0.493 e. The maximum atomic E-state index is 14.5. The van der Waals surface area contributed by atoms with E-state index in [4.69, 9.17) is 4.74 Å². The molecule has 0 amide bonds. The van der Waals surface area contributed by atoms with Gasteiger partial charge in [-0.2, -0.15) is 0 Å². The van der Waals surface area contributed by atoms with Crippen molar-refractivity contribution < 1.29 is 36.4 Å². The number of alkyl halides is 3. The van der Waals surface area contributed by atoms with E-state index in [1.165, 1.54) is 30.5 Å². The first-order valence-electron chi connectivity index (χ1n) is 13.7. The van der Waals surface area contributed by atoms with Gasteiger partial charge >= 0.3 is 6.36 Å². The summed E-state index contributed by atoms with van der Waals surface area (Å²) in [6.45, 7) is 1.07. The number of aliphatic hydroxyl groups is 1. The van der Waals surface area contributed by atoms with Crippen molar-refractivity contribution in [2.75, 3.05) is 26.0 Å². The zero-order valence-electron chi connectivity index (χ0n) is 23.6. The van der Waals surface area contributed by atoms with Gasteiger partial charge in [-0.1, -0.05) is 72.8 Å². The van der Waals surface area contributed by atoms with E-state index in [0.29, 0.717) is 31.6 Å². The minimum absolute atomic E-state index is 0.0138. The van der Waals surface area contributed by atoms with Crippen molar-refractivity contribution >= 4 is 10.8 Å². The molecular formula is C33H33F4NO4S. The molecule has 1 N–H and O–H groups in total. The average molecular weight is 616 g/mol. The summed E-state index contributed by atoms with van der Waals surface area (Å²) in [5.74, 6) is -0.787. The van der Waals surface area contributed by atoms with Gasteiger partial charge in [0.1, 0.15) is 17.3 Å². The first-order valence-corrected chi connectivity index (χ1v) is 15.2. The van der Waals surface area contributed by atoms with Crippen molar-refractivity contribution in [3.63, 3.8) is 0 Å². The molecule has 0 bridgehead atoms. The Labute approximate surface area is 251 Å². The number of ether oxygens (including phenoxy) is 2. The standard InChI is InChI=1S/C33H33F4NO4S/c1-43(40)32-20-28(19-31(34)30(32)23-39)41-17-9-16-38(21-24-10-8-15-27(18-24)42-33(35,36)37)22-29(25-11-4-2-5-12-25)26-13-6-3-7-14-26/h2-8,10-15,18-20,29,39H,9,16-17,21-23H2,1H3. The molecule has 1 atom stereocenters. The number of hydrogen-bond donors (Lipinski definition) is 1. The number of aliphatic hydroxyl groups excluding tert-OH is 1. The number of benzene rings is 4. The molecule has 4 aromatic rings. The SMILES string of the molecule is CS(=O)c1cc(OCCCN(Cc2cccc(OC(F)(F)F)c2)CC(c2ccccc2)c2ccccc2)cc(F)c1CO. The zero-order valence-corrected chi connectivity index (χ0v) is 24.4. The van der Waals surface area contributed by atoms with Crippen LogP contribution in [-0.2, 0) is 24.0 Å². The largest absolute Gasteiger partial charge is 0.573 e. The number of rotatable bonds is 14. The summed E-state index contributed by atoms with van der Waals surface area (Å²) < 4.78 is 75.1. The third kappa shape index (κ3) is 9.64. The Morgan fingerprint density at radius 2 is 1.53 bits per heavy atom. The molecule has 0 saturated carbocycles. The van der Waals surface area contributed by atoms with E-state index in [1.807, 2.05) is 36.4 Å². The van der Waals surface area contributed by atoms with Crippen LogP contribution in [0.5, 0.6) is 11.5 Å². The zero-order chi connectivity index (χ0) is 30.8. The van der Waals surface area contributed by atoms with Crippen LogP contribution in [0.25, 0.3) is 0 Å². The number of nitrogens with zero attached hydrogens (tertiary/aromatic N) is 1. The lowest BCUT2D eigenvalue weighted by molar-refractivity contribution is -0.274. The minimum Gasteiger partial charge on any atom is -0.493 e. The van der Waals surface area contributed by atoms with Crippen LogP contribution in [0.15, 0.2) is 102 Å². The van der Waals surface area contributed by atoms with Gasteiger partial charge in [-0.05, 0) is 41.3 Å². The second-order valence-electron chi connectivity index (χ2n) is 10.0. The van der Waals surface area contributed by atoms with Gasteiger partial charge in [-0.15, -0.1) is 13.2 Å². The van der Waals surface area contributed by atoms with Crippen molar-refractivity contribution in [3.05, 3.63) is 125 Å². The monoisotopic (exact) mass is 615 g/mol. The van der Waals surface area contributed by atoms with Crippen LogP contribution < -0.4 is 9.47 Å². The Balaban J connectivity index is 1.53. The van der Waals surface area contributed by atoms with Crippen molar-refractivity contribution in [3.8, 4) is 11.5 Å². The molecule has 0 aliphatic carbocycles. The third-order valence-corrected chi connectivity index (χ3v) is 7.85. The third-order valence-electron chi connectivity index (χ3n) is 6.87. The molecule has 0 aliphatic heterocycles. The van der Waals surface area contributed by atoms with Gasteiger partial charge < -0.3 is 14.6 Å². The van der Waals surface area contributed by atoms with Gasteiger partial charge in [-0.3, -0.25) is 9.11 Å². The molecule has 0 spiro atoms. The van der Waals surface area contributed by atoms with Gasteiger partial charge in [0.2, 0.25) is 0 Å². The van der Waals surface area contributed by atoms with Crippen molar-refractivity contribution in [1.29, 1.82) is 0 Å². The summed E-state index contributed by atoms with van der Waals surface area (Å²) in [6, 6.07) is 28.6. The highest BCUT2D eigenvalue weighted by atomic mass is 32.2. The van der Waals surface area contributed by atoms with Gasteiger partial charge in [0.25, 0.3) is 0 Å². The molecular weight excluding hydrogens is 582 g/mol. The fourth-order valence-corrected chi connectivity index (χ4v) is 5.72. The van der Waals surface area contributed by atoms with Crippen molar-refractivity contribution in [1.82, 2.24) is 4.90 Å². The summed E-state index contributed by atoms with van der Waals surface area (Å²) in [7, 11) is -1.52. The van der Waals surface area contributed by atoms with Crippen LogP contribution in [0.2, 0.25) is 0 Å². The molecule has 228 valence electrons. The molecule has 10 heteroatoms. The Bertz CT molecular complexity index is 1450. The van der Waals surface area contributed by atoms with E-state index in [-0.39, 0.29) is 34.5 Å². The predicted octanol–water partition coefficient (Wildman–Crippen LogP) is 7.06. The fourth-order valence-electron chi connectivity index (χ4n) is 4.93. The number of hydrogen-bond acceptors (Lipinski definition) is 5. The topological polar surface area (TPSA) is 59.0 Å². The molecule has 0 radical (unpaired) electrons. The highest BCUT2D eigenvalue weighted by Crippen LogP contribution is 2.29. The lowest BCUT2D eigenvalue weighted by Gasteiger charge is -2.29. The van der Waals surface area contributed by atoms with E-state index in [9.17, 15) is 26.9 Å². The van der Waals surface area contributed by atoms with Crippen LogP contribution in [0.4, 0.5) is 17.6 Å². The summed E-state index contributed by atoms with van der Waals surface area (Å²) in [5.41, 5.74) is 2.83. The molecule has 0 heterocycles. The summed E-state index contributed by atoms with van der Waals surface area (Å²) >= 11 is 0. The Kier molecular flexibility index (Phi) is 11.3. The first-order chi connectivity index (χ1) is 20.6. The van der Waals surface area contributed by atoms with Gasteiger partial charge in [0.05, 0.1) is 28.9 Å². The summed E-state index contributed by atoms with van der Waals surface area (Å²) in [6.07, 6.45) is -2.87. The van der Waals surface area contributed by atoms with Crippen molar-refractivity contribution in [2.24, 2.45) is 0 Å². The van der Waals surface area contributed by atoms with Gasteiger partial charge in [0.15, 0.2) is 0 Å². The Morgan fingerprint density at radius 3 is 2.12 bits per heavy atom. The molecule has 0 aromatic heterocycles. The lowest BCUT2D eigenvalue weighted by Crippen LogP contribution is -2.31. The normalized spacial score (nSPS) is 12.5. The molecule has 0 aliphatic rings. The van der Waals surface area contributed by atoms with E-state index in [1.54, 1.807) is 6.07 Å². The van der Waals surface area contributed by atoms with E-state index in [0.717, 1.165) is 17.2 Å². The second-order valence-corrected chi connectivity index (χ2v) is 11.3. The van der Waals surface area contributed by atoms with Crippen LogP contribution in [0.3, 0.4) is 0 Å². The quantitative estimate of drug-likeness (QED) is 0.122.